The van der Waals surface area contributed by atoms with E-state index in [1.807, 2.05) is 12.1 Å². The molecule has 1 saturated carbocycles. The number of methoxy groups -OCH3 is 3. The summed E-state index contributed by atoms with van der Waals surface area (Å²) >= 11 is 0. The van der Waals surface area contributed by atoms with E-state index >= 15 is 0 Å². The summed E-state index contributed by atoms with van der Waals surface area (Å²) in [4.78, 5) is 4.31. The molecule has 24 heavy (non-hydrogen) atoms. The van der Waals surface area contributed by atoms with Crippen LogP contribution in [0, 0.1) is 5.41 Å². The Hall–Kier alpha value is -2.11. The van der Waals surface area contributed by atoms with E-state index in [0.29, 0.717) is 22.7 Å². The molecule has 0 bridgehead atoms. The van der Waals surface area contributed by atoms with Gasteiger partial charge in [0.05, 0.1) is 21.3 Å². The van der Waals surface area contributed by atoms with Gasteiger partial charge in [0.25, 0.3) is 0 Å². The second kappa shape index (κ2) is 8.13. The Balaban J connectivity index is 2.10. The van der Waals surface area contributed by atoms with Crippen LogP contribution >= 0.6 is 0 Å². The molecule has 134 valence electrons. The van der Waals surface area contributed by atoms with Crippen LogP contribution in [0.2, 0.25) is 0 Å². The van der Waals surface area contributed by atoms with E-state index in [9.17, 15) is 0 Å². The van der Waals surface area contributed by atoms with Gasteiger partial charge in [0, 0.05) is 31.4 Å². The van der Waals surface area contributed by atoms with Crippen molar-refractivity contribution in [3.63, 3.8) is 0 Å². The lowest BCUT2D eigenvalue weighted by molar-refractivity contribution is 0.324. The van der Waals surface area contributed by atoms with Crippen LogP contribution in [-0.4, -0.2) is 40.9 Å². The predicted octanol–water partition coefficient (Wildman–Crippen LogP) is 3.28. The SMILES string of the molecule is CN=C(NCC1(C)CCCC1)Nc1cc(OC)c(OC)c(OC)c1. The van der Waals surface area contributed by atoms with Gasteiger partial charge in [-0.2, -0.15) is 0 Å². The predicted molar refractivity (Wildman–Crippen MR) is 97.7 cm³/mol. The van der Waals surface area contributed by atoms with Crippen LogP contribution in [0.15, 0.2) is 17.1 Å². The Labute approximate surface area is 144 Å². The molecule has 1 aliphatic carbocycles. The number of benzene rings is 1. The lowest BCUT2D eigenvalue weighted by Gasteiger charge is -2.25. The quantitative estimate of drug-likeness (QED) is 0.617. The maximum Gasteiger partial charge on any atom is 0.203 e. The van der Waals surface area contributed by atoms with Crippen molar-refractivity contribution < 1.29 is 14.2 Å². The van der Waals surface area contributed by atoms with Gasteiger partial charge < -0.3 is 24.8 Å². The smallest absolute Gasteiger partial charge is 0.203 e. The zero-order chi connectivity index (χ0) is 17.6. The molecule has 6 nitrogen and oxygen atoms in total. The Morgan fingerprint density at radius 1 is 1.08 bits per heavy atom. The van der Waals surface area contributed by atoms with Gasteiger partial charge in [-0.1, -0.05) is 19.8 Å². The van der Waals surface area contributed by atoms with Crippen LogP contribution in [0.1, 0.15) is 32.6 Å². The number of nitrogens with zero attached hydrogens (tertiary/aromatic N) is 1. The summed E-state index contributed by atoms with van der Waals surface area (Å²) in [7, 11) is 6.57. The monoisotopic (exact) mass is 335 g/mol. The fraction of sp³-hybridized carbons (Fsp3) is 0.611. The molecule has 0 heterocycles. The van der Waals surface area contributed by atoms with Crippen LogP contribution < -0.4 is 24.8 Å². The van der Waals surface area contributed by atoms with Gasteiger partial charge in [-0.25, -0.2) is 0 Å². The molecular weight excluding hydrogens is 306 g/mol. The minimum atomic E-state index is 0.354. The van der Waals surface area contributed by atoms with E-state index < -0.39 is 0 Å². The van der Waals surface area contributed by atoms with Gasteiger partial charge in [0.2, 0.25) is 5.75 Å². The van der Waals surface area contributed by atoms with E-state index in [0.717, 1.165) is 18.2 Å². The third kappa shape index (κ3) is 4.24. The Kier molecular flexibility index (Phi) is 6.17. The lowest BCUT2D eigenvalue weighted by Crippen LogP contribution is -2.38. The number of hydrogen-bond donors (Lipinski definition) is 2. The highest BCUT2D eigenvalue weighted by molar-refractivity contribution is 5.94. The topological polar surface area (TPSA) is 64.1 Å². The first-order valence-electron chi connectivity index (χ1n) is 8.33. The molecule has 1 aromatic rings. The number of ether oxygens (including phenoxy) is 3. The normalized spacial score (nSPS) is 16.6. The van der Waals surface area contributed by atoms with Crippen LogP contribution in [0.5, 0.6) is 17.2 Å². The summed E-state index contributed by atoms with van der Waals surface area (Å²) in [6.07, 6.45) is 5.16. The molecule has 1 aromatic carbocycles. The first-order valence-corrected chi connectivity index (χ1v) is 8.33. The zero-order valence-corrected chi connectivity index (χ0v) is 15.4. The van der Waals surface area contributed by atoms with Gasteiger partial charge in [0.15, 0.2) is 17.5 Å². The molecule has 2 N–H and O–H groups in total. The summed E-state index contributed by atoms with van der Waals surface area (Å²) in [5.74, 6) is 2.53. The molecule has 0 amide bonds. The zero-order valence-electron chi connectivity index (χ0n) is 15.4. The largest absolute Gasteiger partial charge is 0.493 e. The number of hydrogen-bond acceptors (Lipinski definition) is 4. The number of rotatable bonds is 6. The highest BCUT2D eigenvalue weighted by Crippen LogP contribution is 2.40. The average molecular weight is 335 g/mol. The van der Waals surface area contributed by atoms with Crippen molar-refractivity contribution in [1.29, 1.82) is 0 Å². The number of anilines is 1. The van der Waals surface area contributed by atoms with E-state index in [1.165, 1.54) is 25.7 Å². The molecule has 0 aromatic heterocycles. The highest BCUT2D eigenvalue weighted by Gasteiger charge is 2.28. The van der Waals surface area contributed by atoms with E-state index in [4.69, 9.17) is 14.2 Å². The van der Waals surface area contributed by atoms with Gasteiger partial charge >= 0.3 is 0 Å². The molecule has 2 rings (SSSR count). The molecule has 0 radical (unpaired) electrons. The van der Waals surface area contributed by atoms with Gasteiger partial charge in [-0.15, -0.1) is 0 Å². The van der Waals surface area contributed by atoms with Gasteiger partial charge in [0.1, 0.15) is 0 Å². The van der Waals surface area contributed by atoms with Gasteiger partial charge in [-0.3, -0.25) is 4.99 Å². The van der Waals surface area contributed by atoms with E-state index in [-0.39, 0.29) is 0 Å². The summed E-state index contributed by atoms with van der Waals surface area (Å²) in [5, 5.41) is 6.72. The minimum Gasteiger partial charge on any atom is -0.493 e. The second-order valence-corrected chi connectivity index (χ2v) is 6.48. The van der Waals surface area contributed by atoms with Crippen molar-refractivity contribution in [3.8, 4) is 17.2 Å². The molecule has 1 aliphatic rings. The van der Waals surface area contributed by atoms with Crippen LogP contribution in [0.4, 0.5) is 5.69 Å². The van der Waals surface area contributed by atoms with Crippen molar-refractivity contribution in [2.45, 2.75) is 32.6 Å². The maximum atomic E-state index is 5.39. The molecule has 0 spiro atoms. The standard InChI is InChI=1S/C18H29N3O3/c1-18(8-6-7-9-18)12-20-17(19-2)21-13-10-14(22-3)16(24-5)15(11-13)23-4/h10-11H,6-9,12H2,1-5H3,(H2,19,20,21). The molecular formula is C18H29N3O3. The van der Waals surface area contributed by atoms with Crippen LogP contribution in [0.3, 0.4) is 0 Å². The Morgan fingerprint density at radius 2 is 1.67 bits per heavy atom. The first kappa shape index (κ1) is 18.2. The first-order chi connectivity index (χ1) is 11.5. The summed E-state index contributed by atoms with van der Waals surface area (Å²) in [6, 6.07) is 3.73. The van der Waals surface area contributed by atoms with Crippen molar-refractivity contribution in [1.82, 2.24) is 5.32 Å². The fourth-order valence-corrected chi connectivity index (χ4v) is 3.17. The Bertz CT molecular complexity index is 556. The molecule has 0 atom stereocenters. The summed E-state index contributed by atoms with van der Waals surface area (Å²) in [6.45, 7) is 3.25. The molecule has 6 heteroatoms. The van der Waals surface area contributed by atoms with Gasteiger partial charge in [-0.05, 0) is 18.3 Å². The third-order valence-corrected chi connectivity index (χ3v) is 4.64. The summed E-state index contributed by atoms with van der Waals surface area (Å²) in [5.41, 5.74) is 1.18. The number of nitrogens with one attached hydrogen (secondary N) is 2. The molecule has 0 saturated heterocycles. The minimum absolute atomic E-state index is 0.354. The fourth-order valence-electron chi connectivity index (χ4n) is 3.17. The summed E-state index contributed by atoms with van der Waals surface area (Å²) < 4.78 is 16.1. The van der Waals surface area contributed by atoms with Crippen molar-refractivity contribution >= 4 is 11.6 Å². The van der Waals surface area contributed by atoms with E-state index in [1.54, 1.807) is 28.4 Å². The second-order valence-electron chi connectivity index (χ2n) is 6.48. The lowest BCUT2D eigenvalue weighted by atomic mass is 9.89. The molecule has 1 fully saturated rings. The highest BCUT2D eigenvalue weighted by atomic mass is 16.5. The van der Waals surface area contributed by atoms with Crippen molar-refractivity contribution in [2.75, 3.05) is 40.2 Å². The Morgan fingerprint density at radius 3 is 2.12 bits per heavy atom. The third-order valence-electron chi connectivity index (χ3n) is 4.64. The van der Waals surface area contributed by atoms with Crippen molar-refractivity contribution in [2.24, 2.45) is 10.4 Å². The van der Waals surface area contributed by atoms with E-state index in [2.05, 4.69) is 22.5 Å². The maximum absolute atomic E-state index is 5.39. The van der Waals surface area contributed by atoms with Crippen LogP contribution in [0.25, 0.3) is 0 Å². The molecule has 0 aliphatic heterocycles. The number of guanidine groups is 1. The molecule has 0 unspecified atom stereocenters. The average Bonchev–Trinajstić information content (AvgIpc) is 3.04. The van der Waals surface area contributed by atoms with Crippen LogP contribution in [-0.2, 0) is 0 Å². The number of aliphatic imine (C=N–C) groups is 1. The van der Waals surface area contributed by atoms with Crippen molar-refractivity contribution in [3.05, 3.63) is 12.1 Å².